The van der Waals surface area contributed by atoms with Gasteiger partial charge in [-0.05, 0) is 11.8 Å². The van der Waals surface area contributed by atoms with Gasteiger partial charge in [0, 0.05) is 0 Å². The summed E-state index contributed by atoms with van der Waals surface area (Å²) in [6, 6.07) is 0. The molecule has 0 aliphatic rings. The molecule has 0 saturated carbocycles. The molecule has 0 amide bonds. The highest BCUT2D eigenvalue weighted by Crippen LogP contribution is 2.28. The summed E-state index contributed by atoms with van der Waals surface area (Å²) in [7, 11) is 0. The molecule has 0 saturated heterocycles. The number of unbranched alkanes of at least 4 members (excludes halogenated alkanes) is 12. The van der Waals surface area contributed by atoms with Crippen molar-refractivity contribution < 1.29 is 19.7 Å². The number of carbonyl (C=O) groups is 1. The van der Waals surface area contributed by atoms with Gasteiger partial charge in [-0.25, -0.2) is 4.79 Å². The summed E-state index contributed by atoms with van der Waals surface area (Å²) in [5.74, 6) is -0.680. The summed E-state index contributed by atoms with van der Waals surface area (Å²) in [5.41, 5.74) is -0.270. The van der Waals surface area contributed by atoms with Crippen LogP contribution in [0, 0.1) is 5.41 Å². The van der Waals surface area contributed by atoms with E-state index in [1.165, 1.54) is 77.0 Å². The van der Waals surface area contributed by atoms with Gasteiger partial charge in [-0.1, -0.05) is 104 Å². The van der Waals surface area contributed by atoms with Crippen molar-refractivity contribution in [2.75, 3.05) is 13.2 Å². The lowest BCUT2D eigenvalue weighted by atomic mass is 9.81. The minimum atomic E-state index is -0.685. The molecule has 0 fully saturated rings. The first-order valence-corrected chi connectivity index (χ1v) is 10.9. The lowest BCUT2D eigenvalue weighted by Crippen LogP contribution is -2.34. The Morgan fingerprint density at radius 3 is 1.69 bits per heavy atom. The first-order valence-electron chi connectivity index (χ1n) is 10.9. The van der Waals surface area contributed by atoms with E-state index in [0.717, 1.165) is 12.8 Å². The van der Waals surface area contributed by atoms with Crippen LogP contribution in [0.15, 0.2) is 0 Å². The summed E-state index contributed by atoms with van der Waals surface area (Å²) in [6.45, 7) is 5.60. The molecule has 1 unspecified atom stereocenters. The topological polar surface area (TPSA) is 66.8 Å². The number of aliphatic hydroxyl groups excluding tert-OH is 2. The molecule has 0 heterocycles. The van der Waals surface area contributed by atoms with Crippen molar-refractivity contribution in [3.8, 4) is 0 Å². The molecule has 0 aliphatic heterocycles. The van der Waals surface area contributed by atoms with E-state index in [9.17, 15) is 9.90 Å². The molecule has 0 bridgehead atoms. The number of carbonyl (C=O) groups excluding carboxylic acids is 1. The van der Waals surface area contributed by atoms with Crippen molar-refractivity contribution in [2.24, 2.45) is 5.41 Å². The highest BCUT2D eigenvalue weighted by atomic mass is 16.6. The molecule has 4 nitrogen and oxygen atoms in total. The molecule has 2 N–H and O–H groups in total. The number of rotatable bonds is 18. The molecule has 0 aromatic carbocycles. The summed E-state index contributed by atoms with van der Waals surface area (Å²) < 4.78 is 4.82. The van der Waals surface area contributed by atoms with Crippen molar-refractivity contribution in [3.63, 3.8) is 0 Å². The molecule has 0 rings (SSSR count). The van der Waals surface area contributed by atoms with Crippen molar-refractivity contribution in [1.29, 1.82) is 0 Å². The summed E-state index contributed by atoms with van der Waals surface area (Å²) >= 11 is 0. The fraction of sp³-hybridized carbons (Fsp3) is 0.955. The second kappa shape index (κ2) is 16.6. The molecule has 0 aromatic rings. The smallest absolute Gasteiger partial charge is 0.331 e. The zero-order valence-electron chi connectivity index (χ0n) is 17.6. The van der Waals surface area contributed by atoms with Crippen LogP contribution in [0.1, 0.15) is 111 Å². The molecule has 0 aliphatic carbocycles. The van der Waals surface area contributed by atoms with Crippen molar-refractivity contribution >= 4 is 5.97 Å². The maximum atomic E-state index is 10.9. The van der Waals surface area contributed by atoms with E-state index in [4.69, 9.17) is 9.84 Å². The largest absolute Gasteiger partial charge is 0.461 e. The molecule has 0 aromatic heterocycles. The highest BCUT2D eigenvalue weighted by Gasteiger charge is 2.28. The second-order valence-electron chi connectivity index (χ2n) is 8.34. The Kier molecular flexibility index (Phi) is 16.2. The van der Waals surface area contributed by atoms with E-state index in [2.05, 4.69) is 6.92 Å². The van der Waals surface area contributed by atoms with Gasteiger partial charge in [0.1, 0.15) is 13.2 Å². The average Bonchev–Trinajstić information content (AvgIpc) is 2.63. The zero-order valence-corrected chi connectivity index (χ0v) is 17.6. The first-order chi connectivity index (χ1) is 12.4. The third-order valence-corrected chi connectivity index (χ3v) is 5.36. The van der Waals surface area contributed by atoms with E-state index >= 15 is 0 Å². The SMILES string of the molecule is CCCCCCCCCCCCCCCC(C)(C)C(O)COC(=O)CO. The Labute approximate surface area is 161 Å². The zero-order chi connectivity index (χ0) is 19.7. The highest BCUT2D eigenvalue weighted by molar-refractivity contribution is 5.70. The molecule has 0 spiro atoms. The van der Waals surface area contributed by atoms with Crippen LogP contribution >= 0.6 is 0 Å². The maximum absolute atomic E-state index is 10.9. The Hall–Kier alpha value is -0.610. The molecule has 4 heteroatoms. The van der Waals surface area contributed by atoms with Gasteiger partial charge in [0.2, 0.25) is 0 Å². The lowest BCUT2D eigenvalue weighted by molar-refractivity contribution is -0.152. The monoisotopic (exact) mass is 372 g/mol. The molecule has 0 radical (unpaired) electrons. The molecule has 1 atom stereocenters. The third-order valence-electron chi connectivity index (χ3n) is 5.36. The quantitative estimate of drug-likeness (QED) is 0.250. The van der Waals surface area contributed by atoms with Gasteiger partial charge in [0.05, 0.1) is 6.10 Å². The Balaban J connectivity index is 3.48. The van der Waals surface area contributed by atoms with Gasteiger partial charge in [-0.15, -0.1) is 0 Å². The Morgan fingerprint density at radius 1 is 0.846 bits per heavy atom. The van der Waals surface area contributed by atoms with Crippen molar-refractivity contribution in [2.45, 2.75) is 117 Å². The van der Waals surface area contributed by atoms with Gasteiger partial charge in [-0.2, -0.15) is 0 Å². The van der Waals surface area contributed by atoms with Crippen LogP contribution in [0.25, 0.3) is 0 Å². The van der Waals surface area contributed by atoms with Crippen LogP contribution in [0.3, 0.4) is 0 Å². The van der Waals surface area contributed by atoms with Crippen LogP contribution in [-0.4, -0.2) is 35.5 Å². The maximum Gasteiger partial charge on any atom is 0.331 e. The normalized spacial score (nSPS) is 13.0. The standard InChI is InChI=1S/C22H44O4/c1-4-5-6-7-8-9-10-11-12-13-14-15-16-17-22(2,3)20(24)19-26-21(25)18-23/h20,23-24H,4-19H2,1-3H3. The van der Waals surface area contributed by atoms with E-state index in [1.807, 2.05) is 13.8 Å². The summed E-state index contributed by atoms with van der Waals surface area (Å²) in [4.78, 5) is 10.9. The Bertz CT molecular complexity index is 328. The van der Waals surface area contributed by atoms with E-state index in [0.29, 0.717) is 0 Å². The predicted octanol–water partition coefficient (Wildman–Crippen LogP) is 5.39. The van der Waals surface area contributed by atoms with Gasteiger partial charge in [0.25, 0.3) is 0 Å². The first kappa shape index (κ1) is 25.4. The number of esters is 1. The number of aliphatic hydroxyl groups is 2. The van der Waals surface area contributed by atoms with Gasteiger partial charge >= 0.3 is 5.97 Å². The van der Waals surface area contributed by atoms with Crippen LogP contribution in [0.5, 0.6) is 0 Å². The Morgan fingerprint density at radius 2 is 1.27 bits per heavy atom. The average molecular weight is 373 g/mol. The fourth-order valence-electron chi connectivity index (χ4n) is 3.21. The number of hydrogen-bond acceptors (Lipinski definition) is 4. The summed E-state index contributed by atoms with van der Waals surface area (Å²) in [6.07, 6.45) is 17.5. The van der Waals surface area contributed by atoms with Crippen LogP contribution in [0.4, 0.5) is 0 Å². The molecular formula is C22H44O4. The minimum Gasteiger partial charge on any atom is -0.461 e. The minimum absolute atomic E-state index is 0.0369. The molecule has 26 heavy (non-hydrogen) atoms. The van der Waals surface area contributed by atoms with E-state index in [1.54, 1.807) is 0 Å². The fourth-order valence-corrected chi connectivity index (χ4v) is 3.21. The number of ether oxygens (including phenoxy) is 1. The second-order valence-corrected chi connectivity index (χ2v) is 8.34. The van der Waals surface area contributed by atoms with Crippen molar-refractivity contribution in [1.82, 2.24) is 0 Å². The van der Waals surface area contributed by atoms with Crippen LogP contribution in [0.2, 0.25) is 0 Å². The van der Waals surface area contributed by atoms with Crippen LogP contribution in [-0.2, 0) is 9.53 Å². The van der Waals surface area contributed by atoms with Gasteiger partial charge in [-0.3, -0.25) is 0 Å². The molecule has 156 valence electrons. The van der Waals surface area contributed by atoms with Crippen molar-refractivity contribution in [3.05, 3.63) is 0 Å². The van der Waals surface area contributed by atoms with E-state index in [-0.39, 0.29) is 12.0 Å². The van der Waals surface area contributed by atoms with E-state index < -0.39 is 18.7 Å². The predicted molar refractivity (Wildman–Crippen MR) is 108 cm³/mol. The van der Waals surface area contributed by atoms with Gasteiger partial charge in [0.15, 0.2) is 0 Å². The number of hydrogen-bond donors (Lipinski definition) is 2. The lowest BCUT2D eigenvalue weighted by Gasteiger charge is -2.30. The summed E-state index contributed by atoms with van der Waals surface area (Å²) in [5, 5.41) is 18.8. The van der Waals surface area contributed by atoms with Crippen LogP contribution < -0.4 is 0 Å². The van der Waals surface area contributed by atoms with Gasteiger partial charge < -0.3 is 14.9 Å². The third kappa shape index (κ3) is 14.5. The molecular weight excluding hydrogens is 328 g/mol.